The molecule has 0 aliphatic rings. The van der Waals surface area contributed by atoms with Crippen LogP contribution in [-0.2, 0) is 14.4 Å². The first-order chi connectivity index (χ1) is 9.27. The number of amides is 1. The van der Waals surface area contributed by atoms with Gasteiger partial charge in [0.25, 0.3) is 0 Å². The second kappa shape index (κ2) is 9.97. The molecule has 0 aliphatic heterocycles. The van der Waals surface area contributed by atoms with Gasteiger partial charge in [-0.3, -0.25) is 14.4 Å². The van der Waals surface area contributed by atoms with E-state index in [0.29, 0.717) is 17.8 Å². The van der Waals surface area contributed by atoms with Gasteiger partial charge in [0.1, 0.15) is 12.6 Å². The van der Waals surface area contributed by atoms with Gasteiger partial charge in [0.2, 0.25) is 11.0 Å². The van der Waals surface area contributed by atoms with Gasteiger partial charge in [-0.25, -0.2) is 0 Å². The van der Waals surface area contributed by atoms with Gasteiger partial charge in [0.05, 0.1) is 11.0 Å². The van der Waals surface area contributed by atoms with Crippen molar-refractivity contribution >= 4 is 59.5 Å². The van der Waals surface area contributed by atoms with Crippen LogP contribution in [0.25, 0.3) is 0 Å². The Morgan fingerprint density at radius 3 is 2.40 bits per heavy atom. The topological polar surface area (TPSA) is 122 Å². The molecule has 0 aliphatic carbocycles. The lowest BCUT2D eigenvalue weighted by Crippen LogP contribution is -2.48. The number of nitrogens with two attached hydrogens (primary N) is 1. The van der Waals surface area contributed by atoms with E-state index < -0.39 is 35.6 Å². The molecule has 0 saturated carbocycles. The molecule has 0 aromatic rings. The zero-order valence-electron chi connectivity index (χ0n) is 10.5. The van der Waals surface area contributed by atoms with Gasteiger partial charge < -0.3 is 21.5 Å². The summed E-state index contributed by atoms with van der Waals surface area (Å²) in [4.78, 5) is 33.2. The third-order valence-electron chi connectivity index (χ3n) is 2.25. The maximum Gasteiger partial charge on any atom is 0.322 e. The number of carboxylic acid groups (broad SMARTS) is 1. The second-order valence-electron chi connectivity index (χ2n) is 3.90. The zero-order chi connectivity index (χ0) is 15.7. The van der Waals surface area contributed by atoms with E-state index in [2.05, 4.69) is 35.9 Å². The summed E-state index contributed by atoms with van der Waals surface area (Å²) >= 11 is 12.6. The molecule has 2 atom stereocenters. The number of thiol groups is 2. The molecule has 0 saturated heterocycles. The van der Waals surface area contributed by atoms with Crippen LogP contribution in [0.3, 0.4) is 0 Å². The van der Waals surface area contributed by atoms with Crippen LogP contribution in [0.2, 0.25) is 0 Å². The van der Waals surface area contributed by atoms with Crippen molar-refractivity contribution in [1.82, 2.24) is 10.6 Å². The van der Waals surface area contributed by atoms with Crippen LogP contribution in [-0.4, -0.2) is 51.5 Å². The number of hydrogen-bond acceptors (Lipinski definition) is 6. The summed E-state index contributed by atoms with van der Waals surface area (Å²) in [6.45, 7) is -0.476. The number of carbonyl (C=O) groups is 3. The Balaban J connectivity index is 4.21. The van der Waals surface area contributed by atoms with Crippen LogP contribution in [0.5, 0.6) is 0 Å². The number of aliphatic carboxylic acids is 1. The van der Waals surface area contributed by atoms with Crippen LogP contribution in [0, 0.1) is 0 Å². The highest BCUT2D eigenvalue weighted by Crippen LogP contribution is 2.01. The molecule has 20 heavy (non-hydrogen) atoms. The number of rotatable bonds is 9. The molecule has 0 aromatic carbocycles. The summed E-state index contributed by atoms with van der Waals surface area (Å²) in [5.74, 6) is -1.51. The van der Waals surface area contributed by atoms with E-state index in [-0.39, 0.29) is 5.75 Å². The summed E-state index contributed by atoms with van der Waals surface area (Å²) in [6, 6.07) is -1.46. The quantitative estimate of drug-likeness (QED) is 0.234. The van der Waals surface area contributed by atoms with Crippen molar-refractivity contribution in [3.63, 3.8) is 0 Å². The van der Waals surface area contributed by atoms with E-state index in [1.807, 2.05) is 0 Å². The monoisotopic (exact) mass is 339 g/mol. The average Bonchev–Trinajstić information content (AvgIpc) is 2.38. The fourth-order valence-corrected chi connectivity index (χ4v) is 1.80. The first-order valence-electron chi connectivity index (χ1n) is 5.66. The molecule has 0 radical (unpaired) electrons. The lowest BCUT2D eigenvalue weighted by atomic mass is 10.2. The molecule has 0 bridgehead atoms. The largest absolute Gasteiger partial charge is 0.480 e. The van der Waals surface area contributed by atoms with Gasteiger partial charge in [-0.1, -0.05) is 12.2 Å². The van der Waals surface area contributed by atoms with Gasteiger partial charge in [0, 0.05) is 5.75 Å². The molecule has 114 valence electrons. The van der Waals surface area contributed by atoms with Gasteiger partial charge in [-0.2, -0.15) is 12.6 Å². The minimum atomic E-state index is -1.14. The zero-order valence-corrected chi connectivity index (χ0v) is 13.1. The Morgan fingerprint density at radius 1 is 1.35 bits per heavy atom. The summed E-state index contributed by atoms with van der Waals surface area (Å²) in [7, 11) is 0. The van der Waals surface area contributed by atoms with Crippen molar-refractivity contribution < 1.29 is 19.5 Å². The highest BCUT2D eigenvalue weighted by atomic mass is 32.1. The fourth-order valence-electron chi connectivity index (χ4n) is 1.16. The number of hydrogen-bond donors (Lipinski definition) is 6. The maximum absolute atomic E-state index is 11.6. The predicted octanol–water partition coefficient (Wildman–Crippen LogP) is -1.03. The Labute approximate surface area is 132 Å². The Bertz CT molecular complexity index is 392. The molecular weight excluding hydrogens is 322 g/mol. The van der Waals surface area contributed by atoms with E-state index in [9.17, 15) is 14.4 Å². The van der Waals surface area contributed by atoms with Crippen LogP contribution < -0.4 is 16.4 Å². The van der Waals surface area contributed by atoms with Crippen molar-refractivity contribution in [2.75, 3.05) is 12.3 Å². The number of carbonyl (C=O) groups excluding carboxylic acids is 2. The molecule has 5 N–H and O–H groups in total. The van der Waals surface area contributed by atoms with Crippen molar-refractivity contribution in [3.8, 4) is 0 Å². The van der Waals surface area contributed by atoms with E-state index in [0.717, 1.165) is 0 Å². The van der Waals surface area contributed by atoms with Crippen LogP contribution in [0.15, 0.2) is 0 Å². The molecule has 0 aromatic heterocycles. The molecule has 0 unspecified atom stereocenters. The molecule has 1 amide bonds. The van der Waals surface area contributed by atoms with Crippen molar-refractivity contribution in [3.05, 3.63) is 0 Å². The van der Waals surface area contributed by atoms with Crippen molar-refractivity contribution in [2.24, 2.45) is 5.73 Å². The van der Waals surface area contributed by atoms with Gasteiger partial charge in [0.15, 0.2) is 0 Å². The van der Waals surface area contributed by atoms with E-state index in [4.69, 9.17) is 23.1 Å². The summed E-state index contributed by atoms with van der Waals surface area (Å²) in [5, 5.41) is 13.0. The summed E-state index contributed by atoms with van der Waals surface area (Å²) in [6.07, 6.45) is 0.628. The first kappa shape index (κ1) is 19.2. The lowest BCUT2D eigenvalue weighted by molar-refractivity contribution is -0.138. The van der Waals surface area contributed by atoms with Crippen LogP contribution in [0.4, 0.5) is 0 Å². The third kappa shape index (κ3) is 8.35. The molecular formula is C10H17N3O4S3. The Kier molecular flexibility index (Phi) is 9.55. The number of thiocarbonyl (C=S) groups is 1. The van der Waals surface area contributed by atoms with Gasteiger partial charge in [-0.05, 0) is 12.8 Å². The predicted molar refractivity (Wildman–Crippen MR) is 85.2 cm³/mol. The molecule has 7 nitrogen and oxygen atoms in total. The second-order valence-corrected chi connectivity index (χ2v) is 5.20. The third-order valence-corrected chi connectivity index (χ3v) is 3.27. The van der Waals surface area contributed by atoms with E-state index in [1.54, 1.807) is 0 Å². The highest BCUT2D eigenvalue weighted by molar-refractivity contribution is 7.96. The minimum Gasteiger partial charge on any atom is -0.480 e. The fraction of sp³-hybridized carbons (Fsp3) is 0.600. The maximum atomic E-state index is 11.6. The van der Waals surface area contributed by atoms with Gasteiger partial charge in [-0.15, -0.1) is 12.6 Å². The standard InChI is InChI=1S/C10H17N3O4S3/c11-5(10(17)20)1-2-7(19)13-6(4-18)9(16)12-3-8(14)15/h5-6,18H,1-4,11H2,(H,12,16)(H,13,19)(H,14,15)(H,17,20)/t5-,6-/m0/s1. The minimum absolute atomic E-state index is 0.142. The lowest BCUT2D eigenvalue weighted by Gasteiger charge is -2.18. The molecule has 10 heteroatoms. The Hall–Kier alpha value is -0.840. The van der Waals surface area contributed by atoms with E-state index >= 15 is 0 Å². The highest BCUT2D eigenvalue weighted by Gasteiger charge is 2.19. The first-order valence-corrected chi connectivity index (χ1v) is 7.14. The molecule has 0 spiro atoms. The smallest absolute Gasteiger partial charge is 0.322 e. The van der Waals surface area contributed by atoms with Crippen LogP contribution >= 0.6 is 37.5 Å². The number of nitrogens with one attached hydrogen (secondary N) is 2. The van der Waals surface area contributed by atoms with Gasteiger partial charge >= 0.3 is 5.97 Å². The number of carboxylic acids is 1. The summed E-state index contributed by atoms with van der Waals surface area (Å²) in [5.41, 5.74) is 5.50. The van der Waals surface area contributed by atoms with Crippen LogP contribution in [0.1, 0.15) is 12.8 Å². The van der Waals surface area contributed by atoms with Crippen molar-refractivity contribution in [2.45, 2.75) is 24.9 Å². The molecule has 0 fully saturated rings. The SMILES string of the molecule is N[C@@H](CCC(=S)N[C@@H](CS)C(=O)NCC(=O)O)C(=O)S. The average molecular weight is 339 g/mol. The summed E-state index contributed by atoms with van der Waals surface area (Å²) < 4.78 is 0. The van der Waals surface area contributed by atoms with Crippen molar-refractivity contribution in [1.29, 1.82) is 0 Å². The molecule has 0 heterocycles. The Morgan fingerprint density at radius 2 is 1.95 bits per heavy atom. The molecule has 0 rings (SSSR count). The normalized spacial score (nSPS) is 13.2. The van der Waals surface area contributed by atoms with E-state index in [1.165, 1.54) is 0 Å².